The predicted octanol–water partition coefficient (Wildman–Crippen LogP) is 4.66. The highest BCUT2D eigenvalue weighted by Crippen LogP contribution is 2.61. The number of rotatable bonds is 3. The van der Waals surface area contributed by atoms with E-state index in [1.165, 1.54) is 51.4 Å². The fourth-order valence-corrected chi connectivity index (χ4v) is 5.65. The van der Waals surface area contributed by atoms with Gasteiger partial charge in [-0.1, -0.05) is 49.6 Å². The minimum Gasteiger partial charge on any atom is -0.445 e. The van der Waals surface area contributed by atoms with Crippen molar-refractivity contribution in [3.8, 4) is 0 Å². The van der Waals surface area contributed by atoms with Gasteiger partial charge in [0.05, 0.1) is 0 Å². The normalized spacial score (nSPS) is 31.2. The molecule has 0 heterocycles. The number of fused-ring (bicyclic) bond motifs is 3. The first-order chi connectivity index (χ1) is 11.3. The number of hydrogen-bond acceptors (Lipinski definition) is 2. The van der Waals surface area contributed by atoms with Gasteiger partial charge in [0.1, 0.15) is 6.61 Å². The van der Waals surface area contributed by atoms with Gasteiger partial charge in [-0.15, -0.1) is 0 Å². The lowest BCUT2D eigenvalue weighted by molar-refractivity contribution is 0.0521. The number of nitrogens with one attached hydrogen (secondary N) is 1. The second kappa shape index (κ2) is 6.18. The summed E-state index contributed by atoms with van der Waals surface area (Å²) in [7, 11) is 0. The van der Waals surface area contributed by atoms with Gasteiger partial charge >= 0.3 is 6.09 Å². The number of alkyl carbamates (subject to hydrolysis) is 1. The van der Waals surface area contributed by atoms with Crippen molar-refractivity contribution in [1.82, 2.24) is 5.32 Å². The molecule has 23 heavy (non-hydrogen) atoms. The van der Waals surface area contributed by atoms with Crippen LogP contribution in [0, 0.1) is 17.3 Å². The molecule has 1 spiro atoms. The molecule has 0 saturated heterocycles. The lowest BCUT2D eigenvalue weighted by Crippen LogP contribution is -2.52. The Bertz CT molecular complexity index is 550. The van der Waals surface area contributed by atoms with Crippen molar-refractivity contribution in [2.24, 2.45) is 17.3 Å². The lowest BCUT2D eigenvalue weighted by atomic mass is 9.62. The third-order valence-electron chi connectivity index (χ3n) is 6.65. The Kier molecular flexibility index (Phi) is 4.04. The molecule has 0 aromatic heterocycles. The summed E-state index contributed by atoms with van der Waals surface area (Å²) in [4.78, 5) is 12.3. The molecule has 1 amide bonds. The predicted molar refractivity (Wildman–Crippen MR) is 89.9 cm³/mol. The molecule has 1 aromatic rings. The van der Waals surface area contributed by atoms with E-state index in [2.05, 4.69) is 5.32 Å². The van der Waals surface area contributed by atoms with Gasteiger partial charge < -0.3 is 10.1 Å². The molecule has 1 N–H and O–H groups in total. The summed E-state index contributed by atoms with van der Waals surface area (Å²) in [5, 5.41) is 3.28. The van der Waals surface area contributed by atoms with Crippen molar-refractivity contribution in [3.63, 3.8) is 0 Å². The van der Waals surface area contributed by atoms with Gasteiger partial charge in [-0.3, -0.25) is 0 Å². The standard InChI is InChI=1S/C20H27NO2/c22-19(23-14-15-7-3-1-4-8-15)21-18-16-9-10-17(13-16)20(18)11-5-2-6-12-20/h1,3-4,7-8,16-18H,2,5-6,9-14H2,(H,21,22)/t16-,17+,18-/m0/s1. The van der Waals surface area contributed by atoms with E-state index >= 15 is 0 Å². The van der Waals surface area contributed by atoms with E-state index in [1.54, 1.807) is 0 Å². The van der Waals surface area contributed by atoms with Crippen molar-refractivity contribution in [3.05, 3.63) is 35.9 Å². The molecule has 3 heteroatoms. The maximum Gasteiger partial charge on any atom is 0.407 e. The van der Waals surface area contributed by atoms with Crippen LogP contribution in [0.3, 0.4) is 0 Å². The summed E-state index contributed by atoms with van der Waals surface area (Å²) >= 11 is 0. The van der Waals surface area contributed by atoms with Crippen LogP contribution in [0.25, 0.3) is 0 Å². The van der Waals surface area contributed by atoms with E-state index in [4.69, 9.17) is 4.74 Å². The molecule has 3 fully saturated rings. The van der Waals surface area contributed by atoms with Gasteiger partial charge in [-0.05, 0) is 54.9 Å². The zero-order chi connectivity index (χ0) is 15.7. The highest BCUT2D eigenvalue weighted by molar-refractivity contribution is 5.68. The van der Waals surface area contributed by atoms with Crippen molar-refractivity contribution in [2.75, 3.05) is 0 Å². The SMILES string of the molecule is O=C(N[C@H]1[C@H]2CC[C@H](C2)C12CCCCC2)OCc1ccccc1. The van der Waals surface area contributed by atoms with Gasteiger partial charge in [0.25, 0.3) is 0 Å². The summed E-state index contributed by atoms with van der Waals surface area (Å²) in [6.45, 7) is 0.362. The van der Waals surface area contributed by atoms with E-state index in [0.29, 0.717) is 24.0 Å². The Labute approximate surface area is 138 Å². The van der Waals surface area contributed by atoms with E-state index in [9.17, 15) is 4.79 Å². The molecule has 0 radical (unpaired) electrons. The summed E-state index contributed by atoms with van der Waals surface area (Å²) < 4.78 is 5.48. The Morgan fingerprint density at radius 3 is 2.70 bits per heavy atom. The first-order valence-electron chi connectivity index (χ1n) is 9.25. The quantitative estimate of drug-likeness (QED) is 0.881. The summed E-state index contributed by atoms with van der Waals surface area (Å²) in [5.74, 6) is 1.52. The molecule has 3 nitrogen and oxygen atoms in total. The maximum atomic E-state index is 12.3. The fraction of sp³-hybridized carbons (Fsp3) is 0.650. The minimum absolute atomic E-state index is 0.226. The molecule has 2 bridgehead atoms. The molecule has 4 rings (SSSR count). The first-order valence-corrected chi connectivity index (χ1v) is 9.25. The number of carbonyl (C=O) groups is 1. The molecule has 0 unspecified atom stereocenters. The number of ether oxygens (including phenoxy) is 1. The van der Waals surface area contributed by atoms with Crippen LogP contribution >= 0.6 is 0 Å². The summed E-state index contributed by atoms with van der Waals surface area (Å²) in [5.41, 5.74) is 1.43. The zero-order valence-electron chi connectivity index (χ0n) is 13.8. The molecular formula is C20H27NO2. The number of carbonyl (C=O) groups excluding carboxylic acids is 1. The van der Waals surface area contributed by atoms with Crippen LogP contribution in [0.1, 0.15) is 56.9 Å². The van der Waals surface area contributed by atoms with Crippen LogP contribution in [0.4, 0.5) is 4.79 Å². The molecule has 124 valence electrons. The van der Waals surface area contributed by atoms with Gasteiger partial charge in [-0.25, -0.2) is 4.79 Å². The largest absolute Gasteiger partial charge is 0.445 e. The Morgan fingerprint density at radius 1 is 1.13 bits per heavy atom. The molecule has 1 aromatic carbocycles. The molecule has 3 aliphatic rings. The van der Waals surface area contributed by atoms with Gasteiger partial charge in [0.15, 0.2) is 0 Å². The smallest absolute Gasteiger partial charge is 0.407 e. The van der Waals surface area contributed by atoms with Crippen molar-refractivity contribution in [1.29, 1.82) is 0 Å². The molecule has 3 atom stereocenters. The van der Waals surface area contributed by atoms with Crippen LogP contribution < -0.4 is 5.32 Å². The highest BCUT2D eigenvalue weighted by atomic mass is 16.5. The topological polar surface area (TPSA) is 38.3 Å². The second-order valence-corrected chi connectivity index (χ2v) is 7.75. The van der Waals surface area contributed by atoms with E-state index in [1.807, 2.05) is 30.3 Å². The van der Waals surface area contributed by atoms with E-state index in [0.717, 1.165) is 11.5 Å². The van der Waals surface area contributed by atoms with Crippen molar-refractivity contribution < 1.29 is 9.53 Å². The Hall–Kier alpha value is -1.51. The number of benzene rings is 1. The molecular weight excluding hydrogens is 286 g/mol. The maximum absolute atomic E-state index is 12.3. The van der Waals surface area contributed by atoms with Crippen LogP contribution in [0.15, 0.2) is 30.3 Å². The van der Waals surface area contributed by atoms with E-state index < -0.39 is 0 Å². The third kappa shape index (κ3) is 2.75. The van der Waals surface area contributed by atoms with Crippen molar-refractivity contribution in [2.45, 2.75) is 64.0 Å². The number of amides is 1. The Morgan fingerprint density at radius 2 is 1.91 bits per heavy atom. The minimum atomic E-state index is -0.226. The molecule has 0 aliphatic heterocycles. The average Bonchev–Trinajstić information content (AvgIpc) is 3.17. The second-order valence-electron chi connectivity index (χ2n) is 7.75. The number of hydrogen-bond donors (Lipinski definition) is 1. The fourth-order valence-electron chi connectivity index (χ4n) is 5.65. The lowest BCUT2D eigenvalue weighted by Gasteiger charge is -2.46. The highest BCUT2D eigenvalue weighted by Gasteiger charge is 2.58. The summed E-state index contributed by atoms with van der Waals surface area (Å²) in [6, 6.07) is 10.3. The van der Waals surface area contributed by atoms with E-state index in [-0.39, 0.29) is 6.09 Å². The third-order valence-corrected chi connectivity index (χ3v) is 6.65. The van der Waals surface area contributed by atoms with Crippen LogP contribution in [-0.4, -0.2) is 12.1 Å². The van der Waals surface area contributed by atoms with Gasteiger partial charge in [0.2, 0.25) is 0 Å². The van der Waals surface area contributed by atoms with Gasteiger partial charge in [0, 0.05) is 6.04 Å². The Balaban J connectivity index is 1.40. The zero-order valence-corrected chi connectivity index (χ0v) is 13.8. The molecule has 3 aliphatic carbocycles. The molecule has 3 saturated carbocycles. The van der Waals surface area contributed by atoms with Crippen LogP contribution in [0.5, 0.6) is 0 Å². The first kappa shape index (κ1) is 15.0. The van der Waals surface area contributed by atoms with Gasteiger partial charge in [-0.2, -0.15) is 0 Å². The van der Waals surface area contributed by atoms with Crippen LogP contribution in [-0.2, 0) is 11.3 Å². The monoisotopic (exact) mass is 313 g/mol. The average molecular weight is 313 g/mol. The van der Waals surface area contributed by atoms with Crippen molar-refractivity contribution >= 4 is 6.09 Å². The van der Waals surface area contributed by atoms with Crippen LogP contribution in [0.2, 0.25) is 0 Å². The summed E-state index contributed by atoms with van der Waals surface area (Å²) in [6.07, 6.45) is 10.4.